The van der Waals surface area contributed by atoms with Gasteiger partial charge in [-0.15, -0.1) is 0 Å². The van der Waals surface area contributed by atoms with Crippen LogP contribution in [0.4, 0.5) is 0 Å². The van der Waals surface area contributed by atoms with Crippen molar-refractivity contribution in [3.63, 3.8) is 0 Å². The predicted molar refractivity (Wildman–Crippen MR) is 84.5 cm³/mol. The zero-order chi connectivity index (χ0) is 16.2. The standard InChI is InChI=1S/C17H25NO3/c1-7-18(8-2)17(20)16-12(5)9-14(21-6)15(11(3)4)13(16)10-19/h9-11H,7-8H2,1-6H3. The number of carbonyl (C=O) groups is 2. The van der Waals surface area contributed by atoms with Crippen LogP contribution in [0.15, 0.2) is 6.07 Å². The highest BCUT2D eigenvalue weighted by molar-refractivity contribution is 6.04. The van der Waals surface area contributed by atoms with Crippen LogP contribution in [0.3, 0.4) is 0 Å². The van der Waals surface area contributed by atoms with Crippen LogP contribution in [0.25, 0.3) is 0 Å². The molecule has 116 valence electrons. The number of methoxy groups -OCH3 is 1. The lowest BCUT2D eigenvalue weighted by atomic mass is 9.89. The third-order valence-electron chi connectivity index (χ3n) is 3.75. The number of nitrogens with zero attached hydrogens (tertiary/aromatic N) is 1. The number of carbonyl (C=O) groups excluding carboxylic acids is 2. The molecular formula is C17H25NO3. The quantitative estimate of drug-likeness (QED) is 0.754. The average molecular weight is 291 g/mol. The third kappa shape index (κ3) is 3.26. The molecule has 0 bridgehead atoms. The van der Waals surface area contributed by atoms with Crippen LogP contribution in [-0.2, 0) is 0 Å². The van der Waals surface area contributed by atoms with E-state index >= 15 is 0 Å². The van der Waals surface area contributed by atoms with Crippen molar-refractivity contribution in [2.24, 2.45) is 0 Å². The second-order valence-corrected chi connectivity index (χ2v) is 5.35. The molecule has 0 aliphatic heterocycles. The molecular weight excluding hydrogens is 266 g/mol. The Kier molecular flexibility index (Phi) is 5.94. The first-order chi connectivity index (χ1) is 9.92. The molecule has 0 heterocycles. The number of ether oxygens (including phenoxy) is 1. The highest BCUT2D eigenvalue weighted by Gasteiger charge is 2.25. The van der Waals surface area contributed by atoms with E-state index in [1.54, 1.807) is 12.0 Å². The smallest absolute Gasteiger partial charge is 0.254 e. The molecule has 0 unspecified atom stereocenters. The zero-order valence-corrected chi connectivity index (χ0v) is 13.8. The Morgan fingerprint density at radius 3 is 2.29 bits per heavy atom. The fraction of sp³-hybridized carbons (Fsp3) is 0.529. The van der Waals surface area contributed by atoms with Gasteiger partial charge in [0.1, 0.15) is 5.75 Å². The first-order valence-corrected chi connectivity index (χ1v) is 7.38. The zero-order valence-electron chi connectivity index (χ0n) is 13.8. The van der Waals surface area contributed by atoms with Crippen molar-refractivity contribution < 1.29 is 14.3 Å². The lowest BCUT2D eigenvalue weighted by Gasteiger charge is -2.24. The molecule has 1 amide bonds. The monoisotopic (exact) mass is 291 g/mol. The van der Waals surface area contributed by atoms with Crippen molar-refractivity contribution in [1.82, 2.24) is 4.90 Å². The summed E-state index contributed by atoms with van der Waals surface area (Å²) in [6.45, 7) is 10.9. The molecule has 0 aromatic heterocycles. The van der Waals surface area contributed by atoms with Gasteiger partial charge >= 0.3 is 0 Å². The van der Waals surface area contributed by atoms with Crippen molar-refractivity contribution in [2.75, 3.05) is 20.2 Å². The third-order valence-corrected chi connectivity index (χ3v) is 3.75. The van der Waals surface area contributed by atoms with Gasteiger partial charge in [-0.3, -0.25) is 9.59 Å². The summed E-state index contributed by atoms with van der Waals surface area (Å²) in [7, 11) is 1.58. The Balaban J connectivity index is 3.62. The second-order valence-electron chi connectivity index (χ2n) is 5.35. The first-order valence-electron chi connectivity index (χ1n) is 7.38. The van der Waals surface area contributed by atoms with E-state index in [1.165, 1.54) is 0 Å². The summed E-state index contributed by atoms with van der Waals surface area (Å²) >= 11 is 0. The molecule has 4 nitrogen and oxygen atoms in total. The average Bonchev–Trinajstić information content (AvgIpc) is 2.46. The van der Waals surface area contributed by atoms with E-state index in [0.717, 1.165) is 17.4 Å². The SMILES string of the molecule is CCN(CC)C(=O)c1c(C)cc(OC)c(C(C)C)c1C=O. The van der Waals surface area contributed by atoms with E-state index in [0.29, 0.717) is 30.0 Å². The first kappa shape index (κ1) is 17.2. The van der Waals surface area contributed by atoms with E-state index < -0.39 is 0 Å². The highest BCUT2D eigenvalue weighted by atomic mass is 16.5. The highest BCUT2D eigenvalue weighted by Crippen LogP contribution is 2.34. The molecule has 4 heteroatoms. The van der Waals surface area contributed by atoms with Gasteiger partial charge in [0.2, 0.25) is 0 Å². The predicted octanol–water partition coefficient (Wildman–Crippen LogP) is 3.42. The van der Waals surface area contributed by atoms with Crippen molar-refractivity contribution in [3.8, 4) is 5.75 Å². The molecule has 0 spiro atoms. The van der Waals surface area contributed by atoms with Crippen LogP contribution in [0.2, 0.25) is 0 Å². The van der Waals surface area contributed by atoms with Crippen molar-refractivity contribution in [1.29, 1.82) is 0 Å². The number of amides is 1. The fourth-order valence-corrected chi connectivity index (χ4v) is 2.67. The molecule has 0 saturated heterocycles. The summed E-state index contributed by atoms with van der Waals surface area (Å²) in [6, 6.07) is 1.85. The minimum absolute atomic E-state index is 0.0934. The lowest BCUT2D eigenvalue weighted by Crippen LogP contribution is -2.32. The van der Waals surface area contributed by atoms with Crippen LogP contribution in [0, 0.1) is 6.92 Å². The molecule has 1 aromatic carbocycles. The summed E-state index contributed by atoms with van der Waals surface area (Å²) in [5.74, 6) is 0.675. The van der Waals surface area contributed by atoms with Crippen LogP contribution in [-0.4, -0.2) is 37.3 Å². The van der Waals surface area contributed by atoms with Gasteiger partial charge in [-0.25, -0.2) is 0 Å². The van der Waals surface area contributed by atoms with Crippen LogP contribution >= 0.6 is 0 Å². The number of benzene rings is 1. The van der Waals surface area contributed by atoms with Gasteiger partial charge in [-0.05, 0) is 38.3 Å². The fourth-order valence-electron chi connectivity index (χ4n) is 2.67. The number of rotatable bonds is 6. The largest absolute Gasteiger partial charge is 0.496 e. The van der Waals surface area contributed by atoms with Gasteiger partial charge in [0.15, 0.2) is 6.29 Å². The number of aryl methyl sites for hydroxylation is 1. The van der Waals surface area contributed by atoms with E-state index in [4.69, 9.17) is 4.74 Å². The molecule has 0 radical (unpaired) electrons. The number of hydrogen-bond donors (Lipinski definition) is 0. The Morgan fingerprint density at radius 1 is 1.33 bits per heavy atom. The summed E-state index contributed by atoms with van der Waals surface area (Å²) in [5.41, 5.74) is 2.53. The van der Waals surface area contributed by atoms with Crippen LogP contribution in [0.1, 0.15) is 65.5 Å². The molecule has 0 saturated carbocycles. The Bertz CT molecular complexity index is 531. The van der Waals surface area contributed by atoms with Crippen LogP contribution < -0.4 is 4.74 Å². The molecule has 1 rings (SSSR count). The topological polar surface area (TPSA) is 46.6 Å². The maximum Gasteiger partial charge on any atom is 0.254 e. The van der Waals surface area contributed by atoms with Crippen LogP contribution in [0.5, 0.6) is 5.75 Å². The van der Waals surface area contributed by atoms with Crippen molar-refractivity contribution >= 4 is 12.2 Å². The van der Waals surface area contributed by atoms with Gasteiger partial charge in [0.25, 0.3) is 5.91 Å². The molecule has 0 atom stereocenters. The minimum atomic E-state index is -0.0934. The molecule has 0 aliphatic rings. The Hall–Kier alpha value is -1.84. The molecule has 21 heavy (non-hydrogen) atoms. The maximum absolute atomic E-state index is 12.7. The minimum Gasteiger partial charge on any atom is -0.496 e. The summed E-state index contributed by atoms with van der Waals surface area (Å²) in [5, 5.41) is 0. The van der Waals surface area contributed by atoms with Gasteiger partial charge in [-0.1, -0.05) is 13.8 Å². The second kappa shape index (κ2) is 7.25. The van der Waals surface area contributed by atoms with E-state index in [-0.39, 0.29) is 11.8 Å². The maximum atomic E-state index is 12.7. The van der Waals surface area contributed by atoms with E-state index in [9.17, 15) is 9.59 Å². The van der Waals surface area contributed by atoms with Gasteiger partial charge in [0, 0.05) is 24.2 Å². The van der Waals surface area contributed by atoms with Crippen molar-refractivity contribution in [2.45, 2.75) is 40.5 Å². The summed E-state index contributed by atoms with van der Waals surface area (Å²) in [6.07, 6.45) is 0.779. The van der Waals surface area contributed by atoms with E-state index in [1.807, 2.05) is 40.7 Å². The Morgan fingerprint density at radius 2 is 1.90 bits per heavy atom. The van der Waals surface area contributed by atoms with Crippen molar-refractivity contribution in [3.05, 3.63) is 28.3 Å². The molecule has 0 aliphatic carbocycles. The molecule has 0 fully saturated rings. The normalized spacial score (nSPS) is 10.6. The summed E-state index contributed by atoms with van der Waals surface area (Å²) < 4.78 is 5.39. The number of aldehydes is 1. The number of hydrogen-bond acceptors (Lipinski definition) is 3. The Labute approximate surface area is 127 Å². The van der Waals surface area contributed by atoms with Gasteiger partial charge < -0.3 is 9.64 Å². The van der Waals surface area contributed by atoms with E-state index in [2.05, 4.69) is 0 Å². The lowest BCUT2D eigenvalue weighted by molar-refractivity contribution is 0.0769. The summed E-state index contributed by atoms with van der Waals surface area (Å²) in [4.78, 5) is 26.1. The molecule has 1 aromatic rings. The van der Waals surface area contributed by atoms with Gasteiger partial charge in [0.05, 0.1) is 12.7 Å². The van der Waals surface area contributed by atoms with Gasteiger partial charge in [-0.2, -0.15) is 0 Å². The molecule has 0 N–H and O–H groups in total.